The lowest BCUT2D eigenvalue weighted by molar-refractivity contribution is 0.180. The standard InChI is InChI=1S/C11H16Cl2N2O3S/c1-7(6-18-2)15-19(16,17)11-3-8(5-14)9(12)4-10(11)13/h3-4,7,15H,5-6,14H2,1-2H3. The van der Waals surface area contributed by atoms with E-state index >= 15 is 0 Å². The van der Waals surface area contributed by atoms with E-state index in [0.29, 0.717) is 10.6 Å². The number of nitrogens with two attached hydrogens (primary N) is 1. The number of nitrogens with one attached hydrogen (secondary N) is 1. The third kappa shape index (κ3) is 4.30. The van der Waals surface area contributed by atoms with Crippen LogP contribution in [0.2, 0.25) is 10.0 Å². The van der Waals surface area contributed by atoms with Gasteiger partial charge >= 0.3 is 0 Å². The molecule has 8 heteroatoms. The van der Waals surface area contributed by atoms with Gasteiger partial charge in [-0.2, -0.15) is 0 Å². The van der Waals surface area contributed by atoms with Crippen LogP contribution in [0.1, 0.15) is 12.5 Å². The number of benzene rings is 1. The first-order chi connectivity index (χ1) is 8.81. The second-order valence-electron chi connectivity index (χ2n) is 4.06. The van der Waals surface area contributed by atoms with E-state index in [4.69, 9.17) is 33.7 Å². The van der Waals surface area contributed by atoms with Crippen molar-refractivity contribution in [3.05, 3.63) is 27.7 Å². The zero-order chi connectivity index (χ0) is 14.6. The number of hydrogen-bond acceptors (Lipinski definition) is 4. The van der Waals surface area contributed by atoms with E-state index in [9.17, 15) is 8.42 Å². The molecule has 0 bridgehead atoms. The Kier molecular flexibility index (Phi) is 6.04. The number of ether oxygens (including phenoxy) is 1. The average Bonchev–Trinajstić information content (AvgIpc) is 2.28. The molecule has 0 radical (unpaired) electrons. The Hall–Kier alpha value is -0.370. The van der Waals surface area contributed by atoms with Gasteiger partial charge in [0.2, 0.25) is 10.0 Å². The topological polar surface area (TPSA) is 81.4 Å². The molecule has 0 amide bonds. The maximum Gasteiger partial charge on any atom is 0.242 e. The molecule has 0 aromatic heterocycles. The Morgan fingerprint density at radius 2 is 2.00 bits per heavy atom. The first-order valence-corrected chi connectivity index (χ1v) is 7.75. The third-order valence-corrected chi connectivity index (χ3v) is 4.79. The summed E-state index contributed by atoms with van der Waals surface area (Å²) in [6.45, 7) is 2.08. The van der Waals surface area contributed by atoms with Crippen molar-refractivity contribution in [3.8, 4) is 0 Å². The molecule has 1 rings (SSSR count). The van der Waals surface area contributed by atoms with Gasteiger partial charge in [0, 0.05) is 24.7 Å². The molecule has 0 saturated heterocycles. The highest BCUT2D eigenvalue weighted by Gasteiger charge is 2.22. The van der Waals surface area contributed by atoms with Gasteiger partial charge in [0.15, 0.2) is 0 Å². The first-order valence-electron chi connectivity index (χ1n) is 5.51. The summed E-state index contributed by atoms with van der Waals surface area (Å²) in [5, 5.41) is 0.399. The van der Waals surface area contributed by atoms with E-state index < -0.39 is 10.0 Å². The van der Waals surface area contributed by atoms with Crippen LogP contribution in [-0.4, -0.2) is 28.2 Å². The number of halogens is 2. The van der Waals surface area contributed by atoms with Gasteiger partial charge in [-0.3, -0.25) is 0 Å². The molecule has 0 heterocycles. The van der Waals surface area contributed by atoms with Crippen LogP contribution < -0.4 is 10.5 Å². The molecular weight excluding hydrogens is 311 g/mol. The van der Waals surface area contributed by atoms with Crippen LogP contribution in [0.25, 0.3) is 0 Å². The van der Waals surface area contributed by atoms with Crippen LogP contribution in [0, 0.1) is 0 Å². The summed E-state index contributed by atoms with van der Waals surface area (Å²) in [7, 11) is -2.25. The van der Waals surface area contributed by atoms with E-state index in [-0.39, 0.29) is 29.1 Å². The Labute approximate surface area is 123 Å². The molecule has 5 nitrogen and oxygen atoms in total. The van der Waals surface area contributed by atoms with E-state index in [0.717, 1.165) is 0 Å². The average molecular weight is 327 g/mol. The van der Waals surface area contributed by atoms with Gasteiger partial charge in [-0.25, -0.2) is 13.1 Å². The fraction of sp³-hybridized carbons (Fsp3) is 0.455. The van der Waals surface area contributed by atoms with Gasteiger partial charge < -0.3 is 10.5 Å². The quantitative estimate of drug-likeness (QED) is 0.834. The molecule has 1 unspecified atom stereocenters. The SMILES string of the molecule is COCC(C)NS(=O)(=O)c1cc(CN)c(Cl)cc1Cl. The second kappa shape index (κ2) is 6.88. The Morgan fingerprint density at radius 3 is 2.53 bits per heavy atom. The van der Waals surface area contributed by atoms with Crippen molar-refractivity contribution in [2.75, 3.05) is 13.7 Å². The Balaban J connectivity index is 3.14. The molecule has 1 aromatic rings. The summed E-state index contributed by atoms with van der Waals surface area (Å²) in [6, 6.07) is 2.39. The molecule has 0 spiro atoms. The molecule has 0 fully saturated rings. The van der Waals surface area contributed by atoms with Gasteiger partial charge in [0.1, 0.15) is 4.90 Å². The molecule has 1 aromatic carbocycles. The zero-order valence-corrected chi connectivity index (χ0v) is 12.9. The molecule has 0 aliphatic heterocycles. The van der Waals surface area contributed by atoms with Crippen molar-refractivity contribution < 1.29 is 13.2 Å². The van der Waals surface area contributed by atoms with Crippen LogP contribution in [0.15, 0.2) is 17.0 Å². The number of sulfonamides is 1. The predicted molar refractivity (Wildman–Crippen MR) is 76.0 cm³/mol. The Morgan fingerprint density at radius 1 is 1.37 bits per heavy atom. The summed E-state index contributed by atoms with van der Waals surface area (Å²) in [5.74, 6) is 0. The zero-order valence-electron chi connectivity index (χ0n) is 10.6. The minimum absolute atomic E-state index is 0.0398. The molecular formula is C11H16Cl2N2O3S. The summed E-state index contributed by atoms with van der Waals surface area (Å²) < 4.78 is 31.7. The van der Waals surface area contributed by atoms with E-state index in [2.05, 4.69) is 4.72 Å². The molecule has 1 atom stereocenters. The largest absolute Gasteiger partial charge is 0.383 e. The third-order valence-electron chi connectivity index (χ3n) is 2.38. The highest BCUT2D eigenvalue weighted by molar-refractivity contribution is 7.89. The smallest absolute Gasteiger partial charge is 0.242 e. The van der Waals surface area contributed by atoms with Crippen LogP contribution in [0.3, 0.4) is 0 Å². The first kappa shape index (κ1) is 16.7. The van der Waals surface area contributed by atoms with Gasteiger partial charge in [-0.15, -0.1) is 0 Å². The van der Waals surface area contributed by atoms with Gasteiger partial charge in [0.25, 0.3) is 0 Å². The summed E-state index contributed by atoms with van der Waals surface area (Å²) in [4.78, 5) is -0.0398. The number of hydrogen-bond donors (Lipinski definition) is 2. The molecule has 3 N–H and O–H groups in total. The minimum Gasteiger partial charge on any atom is -0.383 e. The summed E-state index contributed by atoms with van der Waals surface area (Å²) in [6.07, 6.45) is 0. The van der Waals surface area contributed by atoms with Gasteiger partial charge in [-0.05, 0) is 24.6 Å². The second-order valence-corrected chi connectivity index (χ2v) is 6.55. The Bertz CT molecular complexity index is 549. The van der Waals surface area contributed by atoms with Crippen molar-refractivity contribution in [2.45, 2.75) is 24.4 Å². The molecule has 108 valence electrons. The van der Waals surface area contributed by atoms with E-state index in [1.54, 1.807) is 6.92 Å². The number of rotatable bonds is 6. The van der Waals surface area contributed by atoms with Crippen molar-refractivity contribution in [3.63, 3.8) is 0 Å². The lowest BCUT2D eigenvalue weighted by Gasteiger charge is -2.15. The van der Waals surface area contributed by atoms with Crippen LogP contribution in [-0.2, 0) is 21.3 Å². The van der Waals surface area contributed by atoms with Crippen LogP contribution >= 0.6 is 23.2 Å². The fourth-order valence-corrected chi connectivity index (χ4v) is 3.65. The fourth-order valence-electron chi connectivity index (χ4n) is 1.55. The number of methoxy groups -OCH3 is 1. The van der Waals surface area contributed by atoms with E-state index in [1.165, 1.54) is 19.2 Å². The maximum atomic E-state index is 12.2. The molecule has 0 saturated carbocycles. The lowest BCUT2D eigenvalue weighted by atomic mass is 10.2. The van der Waals surface area contributed by atoms with E-state index in [1.807, 2.05) is 0 Å². The highest BCUT2D eigenvalue weighted by Crippen LogP contribution is 2.28. The van der Waals surface area contributed by atoms with Gasteiger partial charge in [-0.1, -0.05) is 23.2 Å². The molecule has 19 heavy (non-hydrogen) atoms. The van der Waals surface area contributed by atoms with Crippen molar-refractivity contribution in [1.29, 1.82) is 0 Å². The van der Waals surface area contributed by atoms with Crippen LogP contribution in [0.4, 0.5) is 0 Å². The van der Waals surface area contributed by atoms with Crippen molar-refractivity contribution >= 4 is 33.2 Å². The highest BCUT2D eigenvalue weighted by atomic mass is 35.5. The molecule has 0 aliphatic rings. The normalized spacial score (nSPS) is 13.5. The van der Waals surface area contributed by atoms with Gasteiger partial charge in [0.05, 0.1) is 11.6 Å². The summed E-state index contributed by atoms with van der Waals surface area (Å²) >= 11 is 11.8. The van der Waals surface area contributed by atoms with Crippen molar-refractivity contribution in [2.24, 2.45) is 5.73 Å². The summed E-state index contributed by atoms with van der Waals surface area (Å²) in [5.41, 5.74) is 6.02. The maximum absolute atomic E-state index is 12.2. The molecule has 0 aliphatic carbocycles. The van der Waals surface area contributed by atoms with Crippen molar-refractivity contribution in [1.82, 2.24) is 4.72 Å². The lowest BCUT2D eigenvalue weighted by Crippen LogP contribution is -2.35. The van der Waals surface area contributed by atoms with Crippen LogP contribution in [0.5, 0.6) is 0 Å². The monoisotopic (exact) mass is 326 g/mol. The minimum atomic E-state index is -3.74. The predicted octanol–water partition coefficient (Wildman–Crippen LogP) is 1.77.